The summed E-state index contributed by atoms with van der Waals surface area (Å²) in [5.41, 5.74) is 8.52. The highest BCUT2D eigenvalue weighted by molar-refractivity contribution is 7.13. The Kier molecular flexibility index (Phi) is 6.05. The first-order chi connectivity index (χ1) is 14.7. The third kappa shape index (κ3) is 5.03. The van der Waals surface area contributed by atoms with Gasteiger partial charge >= 0.3 is 0 Å². The van der Waals surface area contributed by atoms with Gasteiger partial charge in [-0.3, -0.25) is 4.98 Å². The number of thiazole rings is 1. The molecule has 0 aliphatic heterocycles. The summed E-state index contributed by atoms with van der Waals surface area (Å²) in [4.78, 5) is 14.0. The van der Waals surface area contributed by atoms with Crippen LogP contribution in [0.3, 0.4) is 0 Å². The van der Waals surface area contributed by atoms with E-state index < -0.39 is 0 Å². The van der Waals surface area contributed by atoms with Gasteiger partial charge in [0, 0.05) is 28.9 Å². The maximum absolute atomic E-state index is 6.06. The molecule has 4 aromatic rings. The lowest BCUT2D eigenvalue weighted by atomic mass is 10.2. The van der Waals surface area contributed by atoms with Crippen LogP contribution in [0.1, 0.15) is 22.6 Å². The standard InChI is InChI=1S/C22H20N4O3S/c1-15-7-8-20(29-15)22-25-18(14-30-22)13-28-26-21(23)17-5-2-6-19(10-17)27-12-16-4-3-9-24-11-16/h2-11,14H,12-13H2,1H3,(H2,23,26). The number of furan rings is 1. The lowest BCUT2D eigenvalue weighted by molar-refractivity contribution is 0.128. The summed E-state index contributed by atoms with van der Waals surface area (Å²) in [6.45, 7) is 2.54. The number of aryl methyl sites for hydroxylation is 1. The number of nitrogens with zero attached hydrogens (tertiary/aromatic N) is 3. The van der Waals surface area contributed by atoms with Crippen molar-refractivity contribution in [1.82, 2.24) is 9.97 Å². The Labute approximate surface area is 177 Å². The fourth-order valence-corrected chi connectivity index (χ4v) is 3.42. The van der Waals surface area contributed by atoms with Crippen LogP contribution in [-0.2, 0) is 18.1 Å². The van der Waals surface area contributed by atoms with Crippen LogP contribution in [0.25, 0.3) is 10.8 Å². The van der Waals surface area contributed by atoms with Crippen LogP contribution in [0.4, 0.5) is 0 Å². The van der Waals surface area contributed by atoms with Crippen molar-refractivity contribution < 1.29 is 14.0 Å². The average Bonchev–Trinajstić information content (AvgIpc) is 3.42. The van der Waals surface area contributed by atoms with Gasteiger partial charge < -0.3 is 19.7 Å². The summed E-state index contributed by atoms with van der Waals surface area (Å²) in [5.74, 6) is 2.54. The predicted octanol–water partition coefficient (Wildman–Crippen LogP) is 4.52. The fraction of sp³-hybridized carbons (Fsp3) is 0.136. The average molecular weight is 420 g/mol. The van der Waals surface area contributed by atoms with Crippen molar-refractivity contribution in [3.8, 4) is 16.5 Å². The number of hydrogen-bond donors (Lipinski definition) is 1. The normalized spacial score (nSPS) is 11.4. The number of hydrogen-bond acceptors (Lipinski definition) is 7. The molecule has 8 heteroatoms. The van der Waals surface area contributed by atoms with Gasteiger partial charge in [0.2, 0.25) is 0 Å². The molecule has 152 valence electrons. The number of ether oxygens (including phenoxy) is 1. The third-order valence-electron chi connectivity index (χ3n) is 4.14. The molecule has 0 fully saturated rings. The van der Waals surface area contributed by atoms with Crippen molar-refractivity contribution in [2.24, 2.45) is 10.9 Å². The molecule has 0 saturated heterocycles. The van der Waals surface area contributed by atoms with E-state index in [1.807, 2.05) is 60.8 Å². The molecule has 4 rings (SSSR count). The monoisotopic (exact) mass is 420 g/mol. The van der Waals surface area contributed by atoms with Crippen LogP contribution in [-0.4, -0.2) is 15.8 Å². The zero-order valence-corrected chi connectivity index (χ0v) is 17.1. The Bertz CT molecular complexity index is 1140. The summed E-state index contributed by atoms with van der Waals surface area (Å²) in [5, 5.41) is 6.72. The Balaban J connectivity index is 1.34. The highest BCUT2D eigenvalue weighted by atomic mass is 32.1. The second kappa shape index (κ2) is 9.23. The van der Waals surface area contributed by atoms with Crippen LogP contribution in [0.2, 0.25) is 0 Å². The first-order valence-corrected chi connectivity index (χ1v) is 10.1. The second-order valence-corrected chi connectivity index (χ2v) is 7.34. The zero-order chi connectivity index (χ0) is 20.8. The number of amidine groups is 1. The number of aromatic nitrogens is 2. The van der Waals surface area contributed by atoms with E-state index in [0.29, 0.717) is 17.9 Å². The Morgan fingerprint density at radius 1 is 1.17 bits per heavy atom. The van der Waals surface area contributed by atoms with Crippen LogP contribution in [0.15, 0.2) is 75.9 Å². The van der Waals surface area contributed by atoms with Crippen molar-refractivity contribution in [3.05, 3.63) is 88.9 Å². The minimum atomic E-state index is 0.216. The molecule has 0 spiro atoms. The molecule has 2 N–H and O–H groups in total. The Morgan fingerprint density at radius 2 is 2.10 bits per heavy atom. The molecular weight excluding hydrogens is 400 g/mol. The van der Waals surface area contributed by atoms with Gasteiger partial charge in [0.05, 0.1) is 5.69 Å². The van der Waals surface area contributed by atoms with Gasteiger partial charge in [0.25, 0.3) is 0 Å². The maximum Gasteiger partial charge on any atom is 0.170 e. The van der Waals surface area contributed by atoms with E-state index in [-0.39, 0.29) is 12.4 Å². The first kappa shape index (κ1) is 19.7. The van der Waals surface area contributed by atoms with Gasteiger partial charge in [-0.1, -0.05) is 23.4 Å². The number of oxime groups is 1. The molecule has 0 bridgehead atoms. The van der Waals surface area contributed by atoms with Gasteiger partial charge in [-0.15, -0.1) is 11.3 Å². The number of benzene rings is 1. The van der Waals surface area contributed by atoms with Crippen LogP contribution in [0.5, 0.6) is 5.75 Å². The van der Waals surface area contributed by atoms with Crippen molar-refractivity contribution in [2.45, 2.75) is 20.1 Å². The van der Waals surface area contributed by atoms with Crippen LogP contribution in [0, 0.1) is 6.92 Å². The van der Waals surface area contributed by atoms with E-state index in [4.69, 9.17) is 19.7 Å². The van der Waals surface area contributed by atoms with Gasteiger partial charge in [-0.2, -0.15) is 0 Å². The van der Waals surface area contributed by atoms with Gasteiger partial charge in [0.15, 0.2) is 23.2 Å². The molecular formula is C22H20N4O3S. The Morgan fingerprint density at radius 3 is 2.90 bits per heavy atom. The summed E-state index contributed by atoms with van der Waals surface area (Å²) >= 11 is 1.49. The van der Waals surface area contributed by atoms with E-state index in [2.05, 4.69) is 15.1 Å². The molecule has 0 aliphatic carbocycles. The molecule has 0 amide bonds. The number of nitrogens with two attached hydrogens (primary N) is 1. The molecule has 7 nitrogen and oxygen atoms in total. The largest absolute Gasteiger partial charge is 0.489 e. The molecule has 1 aromatic carbocycles. The molecule has 3 aromatic heterocycles. The zero-order valence-electron chi connectivity index (χ0n) is 16.3. The summed E-state index contributed by atoms with van der Waals surface area (Å²) in [6.07, 6.45) is 3.50. The lowest BCUT2D eigenvalue weighted by Crippen LogP contribution is -2.14. The summed E-state index contributed by atoms with van der Waals surface area (Å²) in [6, 6.07) is 15.0. The fourth-order valence-electron chi connectivity index (χ4n) is 2.65. The highest BCUT2D eigenvalue weighted by Crippen LogP contribution is 2.25. The molecule has 30 heavy (non-hydrogen) atoms. The van der Waals surface area contributed by atoms with Crippen LogP contribution < -0.4 is 10.5 Å². The first-order valence-electron chi connectivity index (χ1n) is 9.26. The van der Waals surface area contributed by atoms with E-state index in [1.54, 1.807) is 12.4 Å². The molecule has 0 unspecified atom stereocenters. The van der Waals surface area contributed by atoms with E-state index in [1.165, 1.54) is 11.3 Å². The highest BCUT2D eigenvalue weighted by Gasteiger charge is 2.09. The number of pyridine rings is 1. The maximum atomic E-state index is 6.06. The van der Waals surface area contributed by atoms with Crippen LogP contribution >= 0.6 is 11.3 Å². The van der Waals surface area contributed by atoms with Gasteiger partial charge in [-0.05, 0) is 37.3 Å². The van der Waals surface area contributed by atoms with Crippen molar-refractivity contribution in [3.63, 3.8) is 0 Å². The topological polar surface area (TPSA) is 95.8 Å². The smallest absolute Gasteiger partial charge is 0.170 e. The minimum Gasteiger partial charge on any atom is -0.489 e. The molecule has 0 aliphatic rings. The predicted molar refractivity (Wildman–Crippen MR) is 115 cm³/mol. The molecule has 0 atom stereocenters. The van der Waals surface area contributed by atoms with Crippen molar-refractivity contribution in [1.29, 1.82) is 0 Å². The molecule has 3 heterocycles. The van der Waals surface area contributed by atoms with E-state index in [9.17, 15) is 0 Å². The number of rotatable bonds is 8. The summed E-state index contributed by atoms with van der Waals surface area (Å²) in [7, 11) is 0. The van der Waals surface area contributed by atoms with Gasteiger partial charge in [0.1, 0.15) is 18.1 Å². The second-order valence-electron chi connectivity index (χ2n) is 6.48. The lowest BCUT2D eigenvalue weighted by Gasteiger charge is -2.08. The van der Waals surface area contributed by atoms with E-state index >= 15 is 0 Å². The molecule has 0 saturated carbocycles. The van der Waals surface area contributed by atoms with Crippen molar-refractivity contribution >= 4 is 17.2 Å². The van der Waals surface area contributed by atoms with Crippen molar-refractivity contribution in [2.75, 3.05) is 0 Å². The van der Waals surface area contributed by atoms with Gasteiger partial charge in [-0.25, -0.2) is 4.98 Å². The van der Waals surface area contributed by atoms with E-state index in [0.717, 1.165) is 27.8 Å². The third-order valence-corrected chi connectivity index (χ3v) is 5.04. The summed E-state index contributed by atoms with van der Waals surface area (Å²) < 4.78 is 11.4. The Hall–Kier alpha value is -3.65. The SMILES string of the molecule is Cc1ccc(-c2nc(CO/N=C(/N)c3cccc(OCc4cccnc4)c3)cs2)o1. The quantitative estimate of drug-likeness (QED) is 0.256. The minimum absolute atomic E-state index is 0.216. The molecule has 0 radical (unpaired) electrons.